The molecule has 1 rings (SSSR count). The third-order valence-corrected chi connectivity index (χ3v) is 0.913. The van der Waals surface area contributed by atoms with Crippen LogP contribution in [0.5, 0.6) is 0 Å². The van der Waals surface area contributed by atoms with Gasteiger partial charge in [0.25, 0.3) is 0 Å². The summed E-state index contributed by atoms with van der Waals surface area (Å²) < 4.78 is 36.0. The van der Waals surface area contributed by atoms with Crippen LogP contribution in [0.15, 0.2) is 23.8 Å². The summed E-state index contributed by atoms with van der Waals surface area (Å²) >= 11 is 0. The van der Waals surface area contributed by atoms with Crippen LogP contribution in [-0.4, -0.2) is 6.17 Å². The van der Waals surface area contributed by atoms with E-state index < -0.39 is 17.8 Å². The molecule has 1 radical (unpaired) electrons. The Kier molecular flexibility index (Phi) is 1.60. The van der Waals surface area contributed by atoms with Crippen LogP contribution in [0.1, 0.15) is 0 Å². The molecule has 0 spiro atoms. The lowest BCUT2D eigenvalue weighted by molar-refractivity contribution is 0.418. The fourth-order valence-corrected chi connectivity index (χ4v) is 0.580. The van der Waals surface area contributed by atoms with Crippen molar-refractivity contribution in [3.63, 3.8) is 0 Å². The second kappa shape index (κ2) is 2.25. The molecular weight excluding hydrogens is 129 g/mol. The minimum Gasteiger partial charge on any atom is -0.242 e. The summed E-state index contributed by atoms with van der Waals surface area (Å²) in [6.07, 6.45) is 0.414. The van der Waals surface area contributed by atoms with Crippen LogP contribution in [0, 0.1) is 6.42 Å². The molecule has 1 atom stereocenters. The van der Waals surface area contributed by atoms with Crippen molar-refractivity contribution in [1.29, 1.82) is 0 Å². The van der Waals surface area contributed by atoms with Gasteiger partial charge >= 0.3 is 0 Å². The highest BCUT2D eigenvalue weighted by molar-refractivity contribution is 5.28. The lowest BCUT2D eigenvalue weighted by Crippen LogP contribution is -2.01. The normalized spacial score (nSPS) is 27.2. The van der Waals surface area contributed by atoms with E-state index in [0.717, 1.165) is 0 Å². The summed E-state index contributed by atoms with van der Waals surface area (Å²) in [5.74, 6) is -1.72. The highest BCUT2D eigenvalue weighted by atomic mass is 19.2. The second-order valence-corrected chi connectivity index (χ2v) is 1.69. The molecule has 9 heavy (non-hydrogen) atoms. The Morgan fingerprint density at radius 1 is 1.22 bits per heavy atom. The molecule has 0 aromatic rings. The molecule has 0 amide bonds. The van der Waals surface area contributed by atoms with Crippen molar-refractivity contribution in [2.75, 3.05) is 0 Å². The van der Waals surface area contributed by atoms with E-state index >= 15 is 0 Å². The second-order valence-electron chi connectivity index (χ2n) is 1.69. The first kappa shape index (κ1) is 6.39. The maximum atomic E-state index is 12.0. The highest BCUT2D eigenvalue weighted by Gasteiger charge is 2.13. The van der Waals surface area contributed by atoms with E-state index in [1.54, 1.807) is 0 Å². The topological polar surface area (TPSA) is 0 Å². The SMILES string of the molecule is FC1=CC(F)=C[C@H](F)[CH]1. The first-order valence-electron chi connectivity index (χ1n) is 2.42. The molecule has 0 unspecified atom stereocenters. The van der Waals surface area contributed by atoms with Crippen molar-refractivity contribution in [2.24, 2.45) is 0 Å². The maximum absolute atomic E-state index is 12.0. The lowest BCUT2D eigenvalue weighted by Gasteiger charge is -2.04. The van der Waals surface area contributed by atoms with E-state index in [1.165, 1.54) is 0 Å². The Labute approximate surface area is 50.7 Å². The number of hydrogen-bond donors (Lipinski definition) is 0. The molecule has 0 aliphatic heterocycles. The van der Waals surface area contributed by atoms with Gasteiger partial charge < -0.3 is 0 Å². The van der Waals surface area contributed by atoms with Crippen LogP contribution in [0.2, 0.25) is 0 Å². The van der Waals surface area contributed by atoms with Crippen LogP contribution in [-0.2, 0) is 0 Å². The molecule has 0 aromatic heterocycles. The van der Waals surface area contributed by atoms with Gasteiger partial charge in [-0.15, -0.1) is 0 Å². The van der Waals surface area contributed by atoms with E-state index in [0.29, 0.717) is 18.6 Å². The lowest BCUT2D eigenvalue weighted by atomic mass is 10.1. The fraction of sp³-hybridized carbons (Fsp3) is 0.167. The van der Waals surface area contributed by atoms with Crippen LogP contribution >= 0.6 is 0 Å². The van der Waals surface area contributed by atoms with Crippen molar-refractivity contribution >= 4 is 0 Å². The minimum atomic E-state index is -1.62. The predicted octanol–water partition coefficient (Wildman–Crippen LogP) is 2.25. The van der Waals surface area contributed by atoms with Gasteiger partial charge in [-0.1, -0.05) is 0 Å². The molecule has 0 bridgehead atoms. The van der Waals surface area contributed by atoms with Crippen molar-refractivity contribution in [2.45, 2.75) is 6.17 Å². The van der Waals surface area contributed by atoms with E-state index in [1.807, 2.05) is 0 Å². The molecule has 0 fully saturated rings. The van der Waals surface area contributed by atoms with Gasteiger partial charge in [0.2, 0.25) is 0 Å². The van der Waals surface area contributed by atoms with E-state index in [4.69, 9.17) is 0 Å². The number of allylic oxidation sites excluding steroid dienone is 4. The Morgan fingerprint density at radius 3 is 2.33 bits per heavy atom. The van der Waals surface area contributed by atoms with Crippen LogP contribution < -0.4 is 0 Å². The van der Waals surface area contributed by atoms with Gasteiger partial charge in [0.1, 0.15) is 17.8 Å². The van der Waals surface area contributed by atoms with Gasteiger partial charge in [0.05, 0.1) is 6.42 Å². The maximum Gasteiger partial charge on any atom is 0.131 e. The van der Waals surface area contributed by atoms with E-state index in [2.05, 4.69) is 0 Å². The zero-order valence-corrected chi connectivity index (χ0v) is 4.44. The zero-order valence-electron chi connectivity index (χ0n) is 4.44. The zero-order chi connectivity index (χ0) is 6.85. The quantitative estimate of drug-likeness (QED) is 0.475. The predicted molar refractivity (Wildman–Crippen MR) is 27.6 cm³/mol. The van der Waals surface area contributed by atoms with Crippen LogP contribution in [0.25, 0.3) is 0 Å². The third kappa shape index (κ3) is 1.59. The molecule has 1 aliphatic carbocycles. The molecule has 0 heterocycles. The molecule has 0 N–H and O–H groups in total. The van der Waals surface area contributed by atoms with E-state index in [9.17, 15) is 13.2 Å². The standard InChI is InChI=1S/C6H4F3/c7-4-1-5(8)3-6(9)2-4/h1-4H. The first-order valence-corrected chi connectivity index (χ1v) is 2.42. The summed E-state index contributed by atoms with van der Waals surface area (Å²) in [5.41, 5.74) is 0. The molecule has 1 aliphatic rings. The van der Waals surface area contributed by atoms with Gasteiger partial charge in [0.15, 0.2) is 0 Å². The van der Waals surface area contributed by atoms with Crippen molar-refractivity contribution in [3.05, 3.63) is 30.2 Å². The fourth-order valence-electron chi connectivity index (χ4n) is 0.580. The van der Waals surface area contributed by atoms with Crippen molar-refractivity contribution < 1.29 is 13.2 Å². The largest absolute Gasteiger partial charge is 0.242 e. The summed E-state index contributed by atoms with van der Waals surface area (Å²) in [7, 11) is 0. The van der Waals surface area contributed by atoms with Crippen molar-refractivity contribution in [1.82, 2.24) is 0 Å². The molecule has 0 aromatic carbocycles. The summed E-state index contributed by atoms with van der Waals surface area (Å²) in [6, 6.07) is 0. The van der Waals surface area contributed by atoms with Crippen molar-refractivity contribution in [3.8, 4) is 0 Å². The number of rotatable bonds is 0. The molecule has 0 nitrogen and oxygen atoms in total. The molecule has 0 saturated carbocycles. The Hall–Kier alpha value is -0.730. The third-order valence-electron chi connectivity index (χ3n) is 0.913. The number of halogens is 3. The average Bonchev–Trinajstić information content (AvgIpc) is 1.59. The van der Waals surface area contributed by atoms with Gasteiger partial charge in [-0.2, -0.15) is 0 Å². The number of hydrogen-bond acceptors (Lipinski definition) is 0. The highest BCUT2D eigenvalue weighted by Crippen LogP contribution is 2.20. The van der Waals surface area contributed by atoms with Gasteiger partial charge in [-0.25, -0.2) is 13.2 Å². The Morgan fingerprint density at radius 2 is 1.89 bits per heavy atom. The average molecular weight is 133 g/mol. The van der Waals surface area contributed by atoms with E-state index in [-0.39, 0.29) is 0 Å². The molecular formula is C6H4F3. The summed E-state index contributed by atoms with van der Waals surface area (Å²) in [4.78, 5) is 0. The first-order chi connectivity index (χ1) is 4.18. The summed E-state index contributed by atoms with van der Waals surface area (Å²) in [6.45, 7) is 0. The van der Waals surface area contributed by atoms with Crippen LogP contribution in [0.4, 0.5) is 13.2 Å². The monoisotopic (exact) mass is 133 g/mol. The Balaban J connectivity index is 2.74. The number of alkyl halides is 1. The summed E-state index contributed by atoms with van der Waals surface area (Å²) in [5, 5.41) is 0. The van der Waals surface area contributed by atoms with Crippen LogP contribution in [0.3, 0.4) is 0 Å². The minimum absolute atomic E-state index is 0.635. The van der Waals surface area contributed by atoms with Gasteiger partial charge in [-0.3, -0.25) is 0 Å². The molecule has 49 valence electrons. The van der Waals surface area contributed by atoms with Gasteiger partial charge in [0, 0.05) is 6.08 Å². The molecule has 3 heteroatoms. The smallest absolute Gasteiger partial charge is 0.131 e. The Bertz CT molecular complexity index is 169. The molecule has 0 saturated heterocycles. The van der Waals surface area contributed by atoms with Gasteiger partial charge in [-0.05, 0) is 6.08 Å².